The monoisotopic (exact) mass is 414 g/mol. The van der Waals surface area contributed by atoms with Crippen molar-refractivity contribution in [1.29, 1.82) is 0 Å². The highest BCUT2D eigenvalue weighted by Crippen LogP contribution is 2.61. The number of aryl methyl sites for hydroxylation is 1. The van der Waals surface area contributed by atoms with Gasteiger partial charge in [0.05, 0.1) is 5.70 Å². The fourth-order valence-electron chi connectivity index (χ4n) is 6.85. The van der Waals surface area contributed by atoms with Crippen LogP contribution in [0.15, 0.2) is 59.9 Å². The molecule has 5 rings (SSSR count). The molecule has 2 aliphatic heterocycles. The van der Waals surface area contributed by atoms with Gasteiger partial charge < -0.3 is 9.80 Å². The maximum Gasteiger partial charge on any atom is 0.115 e. The molecule has 3 aliphatic rings. The Hall–Kier alpha value is -2.22. The quantitative estimate of drug-likeness (QED) is 0.495. The van der Waals surface area contributed by atoms with E-state index in [-0.39, 0.29) is 17.0 Å². The Balaban J connectivity index is 1.77. The van der Waals surface area contributed by atoms with Crippen molar-refractivity contribution in [3.63, 3.8) is 0 Å². The van der Waals surface area contributed by atoms with Gasteiger partial charge in [0.15, 0.2) is 0 Å². The third kappa shape index (κ3) is 2.90. The van der Waals surface area contributed by atoms with E-state index in [2.05, 4.69) is 99.9 Å². The summed E-state index contributed by atoms with van der Waals surface area (Å²) in [6.45, 7) is 14.4. The number of hydrogen-bond donors (Lipinski definition) is 0. The van der Waals surface area contributed by atoms with Gasteiger partial charge >= 0.3 is 0 Å². The van der Waals surface area contributed by atoms with E-state index in [0.717, 1.165) is 5.92 Å². The van der Waals surface area contributed by atoms with E-state index >= 15 is 0 Å². The third-order valence-corrected chi connectivity index (χ3v) is 8.22. The predicted octanol–water partition coefficient (Wildman–Crippen LogP) is 7.78. The lowest BCUT2D eigenvalue weighted by molar-refractivity contribution is 0.251. The van der Waals surface area contributed by atoms with Crippen LogP contribution < -0.4 is 9.80 Å². The minimum absolute atomic E-state index is 0.0853. The molecule has 2 unspecified atom stereocenters. The summed E-state index contributed by atoms with van der Waals surface area (Å²) in [7, 11) is 0. The average Bonchev–Trinajstić information content (AvgIpc) is 3.21. The number of hydrogen-bond acceptors (Lipinski definition) is 2. The van der Waals surface area contributed by atoms with Crippen molar-refractivity contribution in [2.75, 3.05) is 9.80 Å². The molecule has 164 valence electrons. The Morgan fingerprint density at radius 3 is 2.06 bits per heavy atom. The number of fused-ring (bicyclic) bond motifs is 3. The smallest absolute Gasteiger partial charge is 0.115 e. The normalized spacial score (nSPS) is 26.5. The predicted molar refractivity (Wildman–Crippen MR) is 132 cm³/mol. The molecule has 2 aromatic rings. The van der Waals surface area contributed by atoms with Gasteiger partial charge in [-0.15, -0.1) is 0 Å². The second-order valence-electron chi connectivity index (χ2n) is 11.3. The molecule has 2 atom stereocenters. The van der Waals surface area contributed by atoms with Gasteiger partial charge in [-0.2, -0.15) is 0 Å². The number of anilines is 2. The van der Waals surface area contributed by atoms with E-state index in [1.165, 1.54) is 54.7 Å². The van der Waals surface area contributed by atoms with Crippen LogP contribution in [0.3, 0.4) is 0 Å². The van der Waals surface area contributed by atoms with Crippen molar-refractivity contribution in [2.45, 2.75) is 85.2 Å². The van der Waals surface area contributed by atoms with Gasteiger partial charge in [-0.25, -0.2) is 0 Å². The van der Waals surface area contributed by atoms with Crippen molar-refractivity contribution < 1.29 is 0 Å². The molecule has 0 spiro atoms. The van der Waals surface area contributed by atoms with Crippen molar-refractivity contribution in [2.24, 2.45) is 11.3 Å². The Kier molecular flexibility index (Phi) is 4.77. The Morgan fingerprint density at radius 1 is 0.806 bits per heavy atom. The van der Waals surface area contributed by atoms with Crippen LogP contribution in [0.2, 0.25) is 0 Å². The number of allylic oxidation sites excluding steroid dienone is 2. The van der Waals surface area contributed by atoms with E-state index in [9.17, 15) is 0 Å². The fourth-order valence-corrected chi connectivity index (χ4v) is 6.85. The molecule has 2 heterocycles. The molecule has 2 heteroatoms. The van der Waals surface area contributed by atoms with Crippen LogP contribution in [0.5, 0.6) is 0 Å². The van der Waals surface area contributed by atoms with Crippen LogP contribution in [-0.4, -0.2) is 6.17 Å². The largest absolute Gasteiger partial charge is 0.322 e. The summed E-state index contributed by atoms with van der Waals surface area (Å²) in [5.74, 6) is 0.717. The molecule has 2 nitrogen and oxygen atoms in total. The van der Waals surface area contributed by atoms with Crippen LogP contribution in [0, 0.1) is 18.3 Å². The molecule has 1 aliphatic carbocycles. The second kappa shape index (κ2) is 7.15. The van der Waals surface area contributed by atoms with Crippen molar-refractivity contribution >= 4 is 11.4 Å². The van der Waals surface area contributed by atoms with Crippen molar-refractivity contribution in [3.8, 4) is 0 Å². The molecule has 0 radical (unpaired) electrons. The molecule has 1 fully saturated rings. The van der Waals surface area contributed by atoms with E-state index in [1.807, 2.05) is 0 Å². The molecule has 2 aromatic carbocycles. The first-order valence-electron chi connectivity index (χ1n) is 12.2. The molecule has 31 heavy (non-hydrogen) atoms. The van der Waals surface area contributed by atoms with Crippen LogP contribution in [0.4, 0.5) is 11.4 Å². The van der Waals surface area contributed by atoms with Crippen molar-refractivity contribution in [3.05, 3.63) is 71.1 Å². The summed E-state index contributed by atoms with van der Waals surface area (Å²) in [6, 6.07) is 18.2. The molecule has 0 saturated heterocycles. The lowest BCUT2D eigenvalue weighted by Crippen LogP contribution is -2.49. The standard InChI is InChI=1S/C29H38N2/c1-20-14-10-12-18-24(20)30-21(2)26-29(6,22-15-8-7-9-16-22)23-17-11-13-19-25(23)31(26)27(30)28(3,4)5/h10-14,17-19,22,27H,7-9,15-16H2,1-6H3. The fraction of sp³-hybridized carbons (Fsp3) is 0.517. The molecule has 0 bridgehead atoms. The first kappa shape index (κ1) is 20.7. The maximum absolute atomic E-state index is 2.73. The van der Waals surface area contributed by atoms with E-state index in [1.54, 1.807) is 11.3 Å². The third-order valence-electron chi connectivity index (χ3n) is 8.22. The van der Waals surface area contributed by atoms with Gasteiger partial charge in [0.2, 0.25) is 0 Å². The second-order valence-corrected chi connectivity index (χ2v) is 11.3. The Bertz CT molecular complexity index is 1020. The summed E-state index contributed by atoms with van der Waals surface area (Å²) < 4.78 is 0. The zero-order valence-corrected chi connectivity index (χ0v) is 20.2. The number of para-hydroxylation sites is 2. The highest BCUT2D eigenvalue weighted by Gasteiger charge is 2.57. The molecular formula is C29H38N2. The molecule has 1 saturated carbocycles. The van der Waals surface area contributed by atoms with Gasteiger partial charge in [0, 0.05) is 27.9 Å². The minimum Gasteiger partial charge on any atom is -0.322 e. The van der Waals surface area contributed by atoms with Gasteiger partial charge in [0.1, 0.15) is 6.17 Å². The van der Waals surface area contributed by atoms with Crippen molar-refractivity contribution in [1.82, 2.24) is 0 Å². The summed E-state index contributed by atoms with van der Waals surface area (Å²) in [5.41, 5.74) is 8.87. The number of nitrogens with zero attached hydrogens (tertiary/aromatic N) is 2. The average molecular weight is 415 g/mol. The van der Waals surface area contributed by atoms with Crippen LogP contribution in [0.25, 0.3) is 0 Å². The first-order chi connectivity index (χ1) is 14.8. The number of benzene rings is 2. The van der Waals surface area contributed by atoms with E-state index in [4.69, 9.17) is 0 Å². The maximum atomic E-state index is 2.73. The Morgan fingerprint density at radius 2 is 1.42 bits per heavy atom. The summed E-state index contributed by atoms with van der Waals surface area (Å²) in [5, 5.41) is 0. The summed E-state index contributed by atoms with van der Waals surface area (Å²) in [4.78, 5) is 5.38. The topological polar surface area (TPSA) is 6.48 Å². The summed E-state index contributed by atoms with van der Waals surface area (Å²) in [6.07, 6.45) is 7.11. The Labute approximate surface area is 189 Å². The lowest BCUT2D eigenvalue weighted by Gasteiger charge is -2.43. The SMILES string of the molecule is CC1=C2N(c3ccccc3C2(C)C2CCCCC2)C(C(C)(C)C)N1c1ccccc1C. The van der Waals surface area contributed by atoms with Gasteiger partial charge in [-0.05, 0) is 62.8 Å². The van der Waals surface area contributed by atoms with Crippen LogP contribution in [-0.2, 0) is 5.41 Å². The van der Waals surface area contributed by atoms with E-state index in [0.29, 0.717) is 0 Å². The van der Waals surface area contributed by atoms with Gasteiger partial charge in [-0.3, -0.25) is 0 Å². The first-order valence-corrected chi connectivity index (χ1v) is 12.2. The molecule has 0 N–H and O–H groups in total. The van der Waals surface area contributed by atoms with Gasteiger partial charge in [0.25, 0.3) is 0 Å². The minimum atomic E-state index is 0.0853. The zero-order chi connectivity index (χ0) is 22.0. The molecular weight excluding hydrogens is 376 g/mol. The highest BCUT2D eigenvalue weighted by molar-refractivity contribution is 5.79. The number of rotatable bonds is 2. The lowest BCUT2D eigenvalue weighted by atomic mass is 9.65. The van der Waals surface area contributed by atoms with Gasteiger partial charge in [-0.1, -0.05) is 76.4 Å². The molecule has 0 aromatic heterocycles. The van der Waals surface area contributed by atoms with E-state index < -0.39 is 0 Å². The molecule has 0 amide bonds. The van der Waals surface area contributed by atoms with Crippen LogP contribution >= 0.6 is 0 Å². The summed E-state index contributed by atoms with van der Waals surface area (Å²) >= 11 is 0. The van der Waals surface area contributed by atoms with Crippen LogP contribution in [0.1, 0.15) is 77.8 Å². The zero-order valence-electron chi connectivity index (χ0n) is 20.2. The highest BCUT2D eigenvalue weighted by atomic mass is 15.4.